The lowest BCUT2D eigenvalue weighted by Crippen LogP contribution is -2.37. The van der Waals surface area contributed by atoms with E-state index in [0.29, 0.717) is 24.2 Å². The van der Waals surface area contributed by atoms with E-state index in [4.69, 9.17) is 14.0 Å². The topological polar surface area (TPSA) is 110 Å². The smallest absolute Gasteiger partial charge is 0.223 e. The monoisotopic (exact) mass is 386 g/mol. The van der Waals surface area contributed by atoms with Crippen LogP contribution >= 0.6 is 0 Å². The Hall–Kier alpha value is -3.23. The van der Waals surface area contributed by atoms with E-state index in [1.807, 2.05) is 12.1 Å². The third kappa shape index (κ3) is 4.73. The number of nitrogens with zero attached hydrogens (tertiary/aromatic N) is 3. The van der Waals surface area contributed by atoms with Gasteiger partial charge in [-0.2, -0.15) is 4.98 Å². The number of H-pyrrole nitrogens is 1. The fourth-order valence-corrected chi connectivity index (χ4v) is 2.94. The number of guanidine groups is 1. The number of hydrogen-bond donors (Lipinski definition) is 3. The minimum Gasteiger partial charge on any atom is -0.497 e. The Morgan fingerprint density at radius 2 is 2.07 bits per heavy atom. The number of aliphatic imine (C=N–C) groups is 1. The molecule has 0 fully saturated rings. The summed E-state index contributed by atoms with van der Waals surface area (Å²) in [6.45, 7) is 3.00. The second-order valence-electron chi connectivity index (χ2n) is 6.27. The van der Waals surface area contributed by atoms with Crippen LogP contribution < -0.4 is 20.1 Å². The lowest BCUT2D eigenvalue weighted by atomic mass is 10.2. The number of methoxy groups -OCH3 is 2. The molecule has 0 aliphatic heterocycles. The fourth-order valence-electron chi connectivity index (χ4n) is 2.94. The number of aryl methyl sites for hydroxylation is 2. The van der Waals surface area contributed by atoms with Crippen LogP contribution in [0.25, 0.3) is 10.9 Å². The standard InChI is InChI=1S/C19H26N6O3/c1-12-23-18(25-28-12)11-22-19(20-2)21-7-5-6-13-8-15-16(24-13)9-14(26-3)10-17(15)27-4/h8-10,24H,5-7,11H2,1-4H3,(H2,20,21,22). The van der Waals surface area contributed by atoms with E-state index in [-0.39, 0.29) is 0 Å². The van der Waals surface area contributed by atoms with Gasteiger partial charge < -0.3 is 29.6 Å². The maximum Gasteiger partial charge on any atom is 0.223 e. The molecule has 28 heavy (non-hydrogen) atoms. The number of hydrogen-bond acceptors (Lipinski definition) is 6. The van der Waals surface area contributed by atoms with Gasteiger partial charge in [-0.15, -0.1) is 0 Å². The Balaban J connectivity index is 1.50. The van der Waals surface area contributed by atoms with Gasteiger partial charge in [0.1, 0.15) is 11.5 Å². The van der Waals surface area contributed by atoms with Gasteiger partial charge in [-0.1, -0.05) is 5.16 Å². The molecule has 2 heterocycles. The van der Waals surface area contributed by atoms with Crippen LogP contribution in [0.15, 0.2) is 27.7 Å². The molecule has 0 amide bonds. The van der Waals surface area contributed by atoms with Crippen molar-refractivity contribution in [1.29, 1.82) is 0 Å². The highest BCUT2D eigenvalue weighted by atomic mass is 16.5. The molecule has 0 radical (unpaired) electrons. The molecule has 0 saturated carbocycles. The fraction of sp³-hybridized carbons (Fsp3) is 0.421. The quantitative estimate of drug-likeness (QED) is 0.309. The summed E-state index contributed by atoms with van der Waals surface area (Å²) >= 11 is 0. The van der Waals surface area contributed by atoms with Crippen molar-refractivity contribution in [2.24, 2.45) is 4.99 Å². The van der Waals surface area contributed by atoms with Crippen molar-refractivity contribution in [1.82, 2.24) is 25.8 Å². The molecular weight excluding hydrogens is 360 g/mol. The van der Waals surface area contributed by atoms with Gasteiger partial charge in [0.2, 0.25) is 5.89 Å². The summed E-state index contributed by atoms with van der Waals surface area (Å²) in [7, 11) is 5.05. The second kappa shape index (κ2) is 9.12. The summed E-state index contributed by atoms with van der Waals surface area (Å²) < 4.78 is 15.7. The van der Waals surface area contributed by atoms with Crippen molar-refractivity contribution in [3.63, 3.8) is 0 Å². The first kappa shape index (κ1) is 19.5. The SMILES string of the molecule is CN=C(NCCCc1cc2c(OC)cc(OC)cc2[nH]1)NCc1noc(C)n1. The third-order valence-corrected chi connectivity index (χ3v) is 4.31. The molecule has 0 bridgehead atoms. The minimum atomic E-state index is 0.459. The van der Waals surface area contributed by atoms with Gasteiger partial charge in [-0.05, 0) is 18.9 Å². The minimum absolute atomic E-state index is 0.459. The number of rotatable bonds is 8. The summed E-state index contributed by atoms with van der Waals surface area (Å²) in [5.41, 5.74) is 2.15. The molecule has 1 aromatic carbocycles. The van der Waals surface area contributed by atoms with Gasteiger partial charge in [0, 0.05) is 43.7 Å². The first-order chi connectivity index (χ1) is 13.6. The molecule has 9 heteroatoms. The van der Waals surface area contributed by atoms with Crippen molar-refractivity contribution >= 4 is 16.9 Å². The zero-order valence-electron chi connectivity index (χ0n) is 16.6. The first-order valence-corrected chi connectivity index (χ1v) is 9.10. The predicted octanol–water partition coefficient (Wildman–Crippen LogP) is 2.17. The van der Waals surface area contributed by atoms with Crippen LogP contribution in [0.2, 0.25) is 0 Å². The van der Waals surface area contributed by atoms with Gasteiger partial charge >= 0.3 is 0 Å². The van der Waals surface area contributed by atoms with Crippen molar-refractivity contribution in [3.05, 3.63) is 35.6 Å². The van der Waals surface area contributed by atoms with Crippen molar-refractivity contribution in [3.8, 4) is 11.5 Å². The zero-order valence-corrected chi connectivity index (χ0v) is 16.6. The number of nitrogens with one attached hydrogen (secondary N) is 3. The first-order valence-electron chi connectivity index (χ1n) is 9.10. The molecule has 0 spiro atoms. The maximum absolute atomic E-state index is 5.47. The summed E-state index contributed by atoms with van der Waals surface area (Å²) in [5, 5.41) is 11.4. The van der Waals surface area contributed by atoms with Crippen LogP contribution in [0.1, 0.15) is 23.8 Å². The largest absolute Gasteiger partial charge is 0.497 e. The van der Waals surface area contributed by atoms with Gasteiger partial charge in [0.25, 0.3) is 0 Å². The summed E-state index contributed by atoms with van der Waals surface area (Å²) in [6, 6.07) is 5.99. The second-order valence-corrected chi connectivity index (χ2v) is 6.27. The third-order valence-electron chi connectivity index (χ3n) is 4.31. The summed E-state index contributed by atoms with van der Waals surface area (Å²) in [6.07, 6.45) is 1.84. The van der Waals surface area contributed by atoms with E-state index in [1.165, 1.54) is 0 Å². The highest BCUT2D eigenvalue weighted by molar-refractivity contribution is 5.88. The zero-order chi connectivity index (χ0) is 19.9. The molecule has 0 aliphatic rings. The van der Waals surface area contributed by atoms with Crippen LogP contribution in [-0.4, -0.2) is 48.9 Å². The molecular formula is C19H26N6O3. The molecule has 2 aromatic heterocycles. The van der Waals surface area contributed by atoms with Crippen LogP contribution in [0.3, 0.4) is 0 Å². The van der Waals surface area contributed by atoms with Gasteiger partial charge in [-0.3, -0.25) is 4.99 Å². The number of benzene rings is 1. The van der Waals surface area contributed by atoms with Crippen LogP contribution in [-0.2, 0) is 13.0 Å². The van der Waals surface area contributed by atoms with Crippen molar-refractivity contribution in [2.75, 3.05) is 27.8 Å². The van der Waals surface area contributed by atoms with E-state index in [0.717, 1.165) is 47.5 Å². The van der Waals surface area contributed by atoms with E-state index in [9.17, 15) is 0 Å². The van der Waals surface area contributed by atoms with Crippen molar-refractivity contribution < 1.29 is 14.0 Å². The Bertz CT molecular complexity index is 946. The van der Waals surface area contributed by atoms with E-state index in [2.05, 4.69) is 36.8 Å². The molecule has 0 atom stereocenters. The predicted molar refractivity (Wildman–Crippen MR) is 107 cm³/mol. The molecule has 0 unspecified atom stereocenters. The van der Waals surface area contributed by atoms with Gasteiger partial charge in [-0.25, -0.2) is 0 Å². The Labute approximate surface area is 163 Å². The summed E-state index contributed by atoms with van der Waals surface area (Å²) in [4.78, 5) is 11.8. The molecule has 9 nitrogen and oxygen atoms in total. The molecule has 3 N–H and O–H groups in total. The van der Waals surface area contributed by atoms with Gasteiger partial charge in [0.15, 0.2) is 11.8 Å². The van der Waals surface area contributed by atoms with Gasteiger partial charge in [0.05, 0.1) is 26.3 Å². The molecule has 150 valence electrons. The molecule has 0 aliphatic carbocycles. The molecule has 3 rings (SSSR count). The normalized spacial score (nSPS) is 11.6. The molecule has 0 saturated heterocycles. The van der Waals surface area contributed by atoms with E-state index >= 15 is 0 Å². The van der Waals surface area contributed by atoms with E-state index in [1.54, 1.807) is 28.2 Å². The molecule has 3 aromatic rings. The number of fused-ring (bicyclic) bond motifs is 1. The van der Waals surface area contributed by atoms with Crippen LogP contribution in [0.5, 0.6) is 11.5 Å². The van der Waals surface area contributed by atoms with Crippen LogP contribution in [0, 0.1) is 6.92 Å². The Kier molecular flexibility index (Phi) is 6.36. The highest BCUT2D eigenvalue weighted by Gasteiger charge is 2.09. The number of aromatic nitrogens is 3. The van der Waals surface area contributed by atoms with Crippen LogP contribution in [0.4, 0.5) is 0 Å². The van der Waals surface area contributed by atoms with E-state index < -0.39 is 0 Å². The Morgan fingerprint density at radius 3 is 2.75 bits per heavy atom. The lowest BCUT2D eigenvalue weighted by Gasteiger charge is -2.10. The van der Waals surface area contributed by atoms with Crippen molar-refractivity contribution in [2.45, 2.75) is 26.3 Å². The average Bonchev–Trinajstić information content (AvgIpc) is 3.31. The lowest BCUT2D eigenvalue weighted by molar-refractivity contribution is 0.387. The number of ether oxygens (including phenoxy) is 2. The highest BCUT2D eigenvalue weighted by Crippen LogP contribution is 2.31. The Morgan fingerprint density at radius 1 is 1.21 bits per heavy atom. The average molecular weight is 386 g/mol. The maximum atomic E-state index is 5.47. The number of aromatic amines is 1. The summed E-state index contributed by atoms with van der Waals surface area (Å²) in [5.74, 6) is 3.42.